The van der Waals surface area contributed by atoms with E-state index in [0.717, 1.165) is 0 Å². The van der Waals surface area contributed by atoms with Gasteiger partial charge < -0.3 is 88.2 Å². The molecular weight excluding hydrogens is 1650 g/mol. The molecule has 0 bridgehead atoms. The zero-order chi connectivity index (χ0) is 94.8. The molecule has 0 fully saturated rings. The van der Waals surface area contributed by atoms with Crippen molar-refractivity contribution in [3.63, 3.8) is 0 Å². The van der Waals surface area contributed by atoms with Crippen LogP contribution in [0.4, 0.5) is 0 Å². The maximum atomic E-state index is 14.7. The quantitative estimate of drug-likeness (QED) is 0.0130. The van der Waals surface area contributed by atoms with Crippen LogP contribution in [-0.2, 0) is 137 Å². The molecule has 129 heavy (non-hydrogen) atoms. The molecular formula is C103H128O26. The number of hydrogen-bond acceptors (Lipinski definition) is 26. The van der Waals surface area contributed by atoms with Gasteiger partial charge >= 0.3 is 47.8 Å². The number of rotatable bonds is 48. The summed E-state index contributed by atoms with van der Waals surface area (Å²) in [6.07, 6.45) is -0.555. The number of esters is 8. The Morgan fingerprint density at radius 1 is 0.178 bits per heavy atom. The molecule has 696 valence electrons. The molecule has 0 atom stereocenters. The molecule has 0 aromatic heterocycles. The highest BCUT2D eigenvalue weighted by Crippen LogP contribution is 2.35. The summed E-state index contributed by atoms with van der Waals surface area (Å²) in [6.45, 7) is 19.8. The second kappa shape index (κ2) is 47.2. The van der Waals surface area contributed by atoms with E-state index in [-0.39, 0.29) is 149 Å². The van der Waals surface area contributed by atoms with Crippen LogP contribution in [-0.4, -0.2) is 168 Å². The number of hydrogen-bond donors (Lipinski definition) is 8. The van der Waals surface area contributed by atoms with Crippen molar-refractivity contribution in [1.82, 2.24) is 0 Å². The lowest BCUT2D eigenvalue weighted by Crippen LogP contribution is -2.48. The van der Waals surface area contributed by atoms with Gasteiger partial charge in [-0.1, -0.05) is 97.1 Å². The molecule has 0 aliphatic rings. The van der Waals surface area contributed by atoms with Gasteiger partial charge in [0.25, 0.3) is 0 Å². The van der Waals surface area contributed by atoms with E-state index in [1.54, 1.807) is 208 Å². The lowest BCUT2D eigenvalue weighted by Gasteiger charge is -2.37. The minimum absolute atomic E-state index is 0.0791. The fourth-order valence-electron chi connectivity index (χ4n) is 15.7. The molecule has 0 aliphatic carbocycles. The third-order valence-corrected chi connectivity index (χ3v) is 23.3. The topological polar surface area (TPSA) is 391 Å². The summed E-state index contributed by atoms with van der Waals surface area (Å²) >= 11 is 0. The van der Waals surface area contributed by atoms with Crippen molar-refractivity contribution in [2.24, 2.45) is 16.2 Å². The molecule has 8 aromatic carbocycles. The van der Waals surface area contributed by atoms with Gasteiger partial charge in [-0.15, -0.1) is 0 Å². The lowest BCUT2D eigenvalue weighted by molar-refractivity contribution is -0.178. The number of aryl methyl sites for hydroxylation is 24. The molecule has 0 aliphatic heterocycles. The van der Waals surface area contributed by atoms with Gasteiger partial charge in [-0.05, 0) is 296 Å². The van der Waals surface area contributed by atoms with Crippen molar-refractivity contribution >= 4 is 47.8 Å². The summed E-state index contributed by atoms with van der Waals surface area (Å²) in [5.74, 6) is -5.28. The summed E-state index contributed by atoms with van der Waals surface area (Å²) in [6, 6.07) is 27.8. The van der Waals surface area contributed by atoms with E-state index in [0.29, 0.717) is 134 Å². The first-order valence-electron chi connectivity index (χ1n) is 43.7. The van der Waals surface area contributed by atoms with Crippen LogP contribution >= 0.6 is 0 Å². The second-order valence-corrected chi connectivity index (χ2v) is 35.4. The SMILES string of the molecule is Cc1cc(CCC(=O)OCC(COCC(COC(=O)CCc2cc(C)c(O)c(C)c2)(COC(=O)CCc2cc(C)c(O)c(C)c2)COC(=O)CCc2cc(C)c(O)c(C)c2)(COCC(COC(=O)CCc2cc(C)c(O)c(C)c2)(COC(=O)CCc2cc(C)c(O)c(C)c2)COC(=O)CCc2cc(C)c(O)c(C)c2)COC(=O)CCc2cc(C)c(O)c(C)c2)cc(C)c1O. The van der Waals surface area contributed by atoms with E-state index >= 15 is 0 Å². The smallest absolute Gasteiger partial charge is 0.306 e. The standard InChI is InChI=1S/C103H128O26/c1-61-33-77(34-62(2)93(61)112)17-25-85(104)122-53-101(54-123-86(105)26-18-78-35-63(3)94(113)64(4)36-78,49-120-51-102(55-124-87(106)27-19-79-37-65(5)95(114)66(6)38-79,56-125-88(107)28-20-80-39-67(7)96(115)68(8)40-80)57-126-89(108)29-21-81-41-69(9)97(116)70(10)42-81)50-121-52-103(58-127-90(109)30-22-82-43-71(11)98(117)72(12)44-82,59-128-91(110)31-23-83-45-73(13)99(118)74(14)46-83)60-129-92(111)32-24-84-47-75(15)100(119)76(16)48-84/h33-48,112-119H,17-32,49-60H2,1-16H3. The van der Waals surface area contributed by atoms with Gasteiger partial charge in [0.15, 0.2) is 0 Å². The maximum absolute atomic E-state index is 14.7. The number of aromatic hydroxyl groups is 8. The fourth-order valence-corrected chi connectivity index (χ4v) is 15.7. The molecule has 0 saturated carbocycles. The first-order chi connectivity index (χ1) is 60.9. The van der Waals surface area contributed by atoms with Crippen LogP contribution in [0.3, 0.4) is 0 Å². The summed E-state index contributed by atoms with van der Waals surface area (Å²) in [5, 5.41) is 85.4. The first-order valence-corrected chi connectivity index (χ1v) is 43.7. The highest BCUT2D eigenvalue weighted by molar-refractivity contribution is 5.74. The summed E-state index contributed by atoms with van der Waals surface area (Å²) in [7, 11) is 0. The first kappa shape index (κ1) is 102. The van der Waals surface area contributed by atoms with Crippen molar-refractivity contribution in [3.05, 3.63) is 231 Å². The molecule has 26 heteroatoms. The van der Waals surface area contributed by atoms with E-state index in [4.69, 9.17) is 47.4 Å². The van der Waals surface area contributed by atoms with Gasteiger partial charge in [0.2, 0.25) is 0 Å². The molecule has 8 N–H and O–H groups in total. The van der Waals surface area contributed by atoms with Crippen LogP contribution in [0.1, 0.15) is 185 Å². The molecule has 0 spiro atoms. The maximum Gasteiger partial charge on any atom is 0.306 e. The number of phenols is 8. The fraction of sp³-hybridized carbons (Fsp3) is 0.456. The van der Waals surface area contributed by atoms with Crippen LogP contribution in [0.15, 0.2) is 97.1 Å². The number of phenolic OH excluding ortho intramolecular Hbond substituents is 8. The third-order valence-electron chi connectivity index (χ3n) is 23.3. The third kappa shape index (κ3) is 31.1. The Labute approximate surface area is 756 Å². The van der Waals surface area contributed by atoms with Gasteiger partial charge in [0.05, 0.1) is 42.7 Å². The Hall–Kier alpha value is -12.2. The normalized spacial score (nSPS) is 11.6. The molecule has 0 radical (unpaired) electrons. The van der Waals surface area contributed by atoms with Crippen molar-refractivity contribution in [3.8, 4) is 46.0 Å². The summed E-state index contributed by atoms with van der Waals surface area (Å²) in [5.41, 5.74) is 9.21. The Morgan fingerprint density at radius 2 is 0.271 bits per heavy atom. The van der Waals surface area contributed by atoms with Gasteiger partial charge in [0.1, 0.15) is 98.9 Å². The number of benzene rings is 8. The van der Waals surface area contributed by atoms with Crippen molar-refractivity contribution < 1.29 is 127 Å². The zero-order valence-corrected chi connectivity index (χ0v) is 77.5. The largest absolute Gasteiger partial charge is 0.507 e. The van der Waals surface area contributed by atoms with E-state index in [1.807, 2.05) is 0 Å². The van der Waals surface area contributed by atoms with Crippen LogP contribution < -0.4 is 0 Å². The number of carbonyl (C=O) groups excluding carboxylic acids is 8. The lowest BCUT2D eigenvalue weighted by atomic mass is 9.89. The summed E-state index contributed by atoms with van der Waals surface area (Å²) in [4.78, 5) is 116. The Balaban J connectivity index is 1.24. The monoisotopic (exact) mass is 1780 g/mol. The van der Waals surface area contributed by atoms with Gasteiger partial charge in [0, 0.05) is 51.4 Å². The zero-order valence-electron chi connectivity index (χ0n) is 77.5. The minimum atomic E-state index is -1.89. The molecule has 0 saturated heterocycles. The van der Waals surface area contributed by atoms with Gasteiger partial charge in [-0.3, -0.25) is 38.4 Å². The number of ether oxygens (including phenoxy) is 10. The average Bonchev–Trinajstić information content (AvgIpc) is 0.823. The second-order valence-electron chi connectivity index (χ2n) is 35.4. The van der Waals surface area contributed by atoms with Crippen molar-refractivity contribution in [1.29, 1.82) is 0 Å². The minimum Gasteiger partial charge on any atom is -0.507 e. The molecule has 8 aromatic rings. The average molecular weight is 1780 g/mol. The summed E-state index contributed by atoms with van der Waals surface area (Å²) < 4.78 is 63.5. The van der Waals surface area contributed by atoms with E-state index in [9.17, 15) is 79.2 Å². The highest BCUT2D eigenvalue weighted by atomic mass is 16.6. The molecule has 0 unspecified atom stereocenters. The van der Waals surface area contributed by atoms with E-state index < -0.39 is 143 Å². The Kier molecular flexibility index (Phi) is 37.4. The van der Waals surface area contributed by atoms with Crippen LogP contribution in [0.2, 0.25) is 0 Å². The molecule has 0 heterocycles. The van der Waals surface area contributed by atoms with Crippen molar-refractivity contribution in [2.75, 3.05) is 79.3 Å². The predicted octanol–water partition coefficient (Wildman–Crippen LogP) is 16.0. The van der Waals surface area contributed by atoms with Gasteiger partial charge in [-0.25, -0.2) is 0 Å². The van der Waals surface area contributed by atoms with Gasteiger partial charge in [-0.2, -0.15) is 0 Å². The highest BCUT2D eigenvalue weighted by Gasteiger charge is 2.43. The predicted molar refractivity (Wildman–Crippen MR) is 484 cm³/mol. The van der Waals surface area contributed by atoms with E-state index in [2.05, 4.69) is 0 Å². The van der Waals surface area contributed by atoms with Crippen LogP contribution in [0, 0.1) is 127 Å². The van der Waals surface area contributed by atoms with E-state index in [1.165, 1.54) is 0 Å². The molecule has 26 nitrogen and oxygen atoms in total. The Bertz CT molecular complexity index is 4460. The molecule has 0 amide bonds. The van der Waals surface area contributed by atoms with Crippen LogP contribution in [0.5, 0.6) is 46.0 Å². The van der Waals surface area contributed by atoms with Crippen LogP contribution in [0.25, 0.3) is 0 Å². The number of carbonyl (C=O) groups is 8. The Morgan fingerprint density at radius 3 is 0.372 bits per heavy atom. The van der Waals surface area contributed by atoms with Crippen molar-refractivity contribution in [2.45, 2.75) is 214 Å². The molecule has 8 rings (SSSR count).